The van der Waals surface area contributed by atoms with Gasteiger partial charge in [0.25, 0.3) is 0 Å². The van der Waals surface area contributed by atoms with Crippen molar-refractivity contribution in [2.75, 3.05) is 6.54 Å². The third-order valence-corrected chi connectivity index (χ3v) is 3.98. The molecule has 0 amide bonds. The van der Waals surface area contributed by atoms with Gasteiger partial charge in [0.1, 0.15) is 17.3 Å². The van der Waals surface area contributed by atoms with Gasteiger partial charge < -0.3 is 10.1 Å². The molecule has 3 rings (SSSR count). The Labute approximate surface area is 126 Å². The van der Waals surface area contributed by atoms with Gasteiger partial charge in [0.05, 0.1) is 0 Å². The monoisotopic (exact) mass is 305 g/mol. The molecule has 0 spiro atoms. The van der Waals surface area contributed by atoms with E-state index in [4.69, 9.17) is 4.74 Å². The molecule has 21 heavy (non-hydrogen) atoms. The molecule has 1 N–H and O–H groups in total. The highest BCUT2D eigenvalue weighted by Gasteiger charge is 2.16. The fourth-order valence-corrected chi connectivity index (χ4v) is 2.81. The first-order chi connectivity index (χ1) is 10.2. The molecule has 2 aromatic heterocycles. The number of rotatable bonds is 5. The first-order valence-corrected chi connectivity index (χ1v) is 7.66. The van der Waals surface area contributed by atoms with E-state index in [0.29, 0.717) is 18.2 Å². The summed E-state index contributed by atoms with van der Waals surface area (Å²) < 4.78 is 21.2. The predicted molar refractivity (Wildman–Crippen MR) is 81.7 cm³/mol. The van der Waals surface area contributed by atoms with Crippen LogP contribution in [0, 0.1) is 12.7 Å². The van der Waals surface area contributed by atoms with Gasteiger partial charge in [0, 0.05) is 24.2 Å². The Balaban J connectivity index is 1.99. The molecule has 0 radical (unpaired) electrons. The molecule has 3 aromatic rings. The highest BCUT2D eigenvalue weighted by Crippen LogP contribution is 2.30. The molecule has 6 heteroatoms. The summed E-state index contributed by atoms with van der Waals surface area (Å²) in [5.41, 5.74) is 1.82. The summed E-state index contributed by atoms with van der Waals surface area (Å²) in [5.74, 6) is 0.708. The number of nitrogens with zero attached hydrogens (tertiary/aromatic N) is 2. The number of fused-ring (bicyclic) bond motifs is 1. The molecule has 2 heterocycles. The van der Waals surface area contributed by atoms with Crippen LogP contribution in [0.15, 0.2) is 29.8 Å². The van der Waals surface area contributed by atoms with Crippen LogP contribution in [0.1, 0.15) is 18.2 Å². The topological polar surface area (TPSA) is 38.6 Å². The minimum Gasteiger partial charge on any atom is -0.437 e. The second kappa shape index (κ2) is 5.83. The number of imidazole rings is 1. The van der Waals surface area contributed by atoms with Crippen molar-refractivity contribution in [3.05, 3.63) is 46.9 Å². The summed E-state index contributed by atoms with van der Waals surface area (Å²) in [4.78, 5) is 5.36. The Kier molecular flexibility index (Phi) is 3.90. The molecule has 0 unspecified atom stereocenters. The largest absolute Gasteiger partial charge is 0.437 e. The number of halogens is 1. The SMILES string of the molecule is CCNCc1c(Oc2cc(F)ccc2C)nc2sccn12. The normalized spacial score (nSPS) is 11.2. The number of benzene rings is 1. The number of ether oxygens (including phenoxy) is 1. The lowest BCUT2D eigenvalue weighted by molar-refractivity contribution is 0.448. The zero-order valence-corrected chi connectivity index (χ0v) is 12.7. The molecule has 110 valence electrons. The molecule has 0 fully saturated rings. The van der Waals surface area contributed by atoms with Gasteiger partial charge in [-0.1, -0.05) is 13.0 Å². The maximum atomic E-state index is 13.4. The summed E-state index contributed by atoms with van der Waals surface area (Å²) in [6.07, 6.45) is 1.96. The maximum Gasteiger partial charge on any atom is 0.243 e. The Morgan fingerprint density at radius 1 is 1.43 bits per heavy atom. The lowest BCUT2D eigenvalue weighted by Crippen LogP contribution is -2.13. The smallest absolute Gasteiger partial charge is 0.243 e. The van der Waals surface area contributed by atoms with Crippen LogP contribution < -0.4 is 10.1 Å². The molecule has 0 aliphatic heterocycles. The summed E-state index contributed by atoms with van der Waals surface area (Å²) in [7, 11) is 0. The van der Waals surface area contributed by atoms with E-state index in [1.807, 2.05) is 29.8 Å². The zero-order valence-electron chi connectivity index (χ0n) is 11.9. The molecule has 0 saturated carbocycles. The van der Waals surface area contributed by atoms with Crippen LogP contribution in [0.3, 0.4) is 0 Å². The molecule has 0 bridgehead atoms. The van der Waals surface area contributed by atoms with Crippen molar-refractivity contribution in [2.24, 2.45) is 0 Å². The highest BCUT2D eigenvalue weighted by atomic mass is 32.1. The van der Waals surface area contributed by atoms with Crippen molar-refractivity contribution in [3.8, 4) is 11.6 Å². The van der Waals surface area contributed by atoms with Crippen LogP contribution in [0.5, 0.6) is 11.6 Å². The minimum atomic E-state index is -0.315. The second-order valence-electron chi connectivity index (χ2n) is 4.71. The molecule has 1 aromatic carbocycles. The highest BCUT2D eigenvalue weighted by molar-refractivity contribution is 7.15. The Hall–Kier alpha value is -1.92. The van der Waals surface area contributed by atoms with Gasteiger partial charge in [-0.2, -0.15) is 4.98 Å². The standard InChI is InChI=1S/C15H16FN3OS/c1-3-17-9-12-14(18-15-19(12)6-7-21-15)20-13-8-11(16)5-4-10(13)2/h4-8,17H,3,9H2,1-2H3. The third kappa shape index (κ3) is 2.77. The quantitative estimate of drug-likeness (QED) is 0.780. The van der Waals surface area contributed by atoms with Gasteiger partial charge in [-0.05, 0) is 25.1 Å². The Morgan fingerprint density at radius 3 is 3.10 bits per heavy atom. The third-order valence-electron chi connectivity index (χ3n) is 3.22. The maximum absolute atomic E-state index is 13.4. The van der Waals surface area contributed by atoms with Gasteiger partial charge >= 0.3 is 0 Å². The average molecular weight is 305 g/mol. The van der Waals surface area contributed by atoms with Crippen molar-refractivity contribution in [1.29, 1.82) is 0 Å². The summed E-state index contributed by atoms with van der Waals surface area (Å²) in [6.45, 7) is 5.44. The van der Waals surface area contributed by atoms with E-state index in [-0.39, 0.29) is 5.82 Å². The van der Waals surface area contributed by atoms with Crippen molar-refractivity contribution in [2.45, 2.75) is 20.4 Å². The molecule has 4 nitrogen and oxygen atoms in total. The molecule has 0 aliphatic rings. The van der Waals surface area contributed by atoms with E-state index in [2.05, 4.69) is 10.3 Å². The predicted octanol–water partition coefficient (Wildman–Crippen LogP) is 3.75. The molecular formula is C15H16FN3OS. The van der Waals surface area contributed by atoms with E-state index in [9.17, 15) is 4.39 Å². The van der Waals surface area contributed by atoms with Gasteiger partial charge in [-0.3, -0.25) is 4.40 Å². The second-order valence-corrected chi connectivity index (χ2v) is 5.58. The number of hydrogen-bond donors (Lipinski definition) is 1. The van der Waals surface area contributed by atoms with Gasteiger partial charge in [0.15, 0.2) is 4.96 Å². The van der Waals surface area contributed by atoms with E-state index in [1.54, 1.807) is 17.4 Å². The molecule has 0 atom stereocenters. The zero-order chi connectivity index (χ0) is 14.8. The average Bonchev–Trinajstić information content (AvgIpc) is 3.02. The lowest BCUT2D eigenvalue weighted by atomic mass is 10.2. The van der Waals surface area contributed by atoms with Crippen LogP contribution in [-0.2, 0) is 6.54 Å². The van der Waals surface area contributed by atoms with E-state index < -0.39 is 0 Å². The van der Waals surface area contributed by atoms with Crippen LogP contribution in [-0.4, -0.2) is 15.9 Å². The molecule has 0 saturated heterocycles. The number of nitrogens with one attached hydrogen (secondary N) is 1. The van der Waals surface area contributed by atoms with E-state index >= 15 is 0 Å². The van der Waals surface area contributed by atoms with Crippen molar-refractivity contribution in [1.82, 2.24) is 14.7 Å². The first kappa shape index (κ1) is 14.0. The van der Waals surface area contributed by atoms with Gasteiger partial charge in [-0.15, -0.1) is 11.3 Å². The van der Waals surface area contributed by atoms with Crippen molar-refractivity contribution >= 4 is 16.3 Å². The van der Waals surface area contributed by atoms with Crippen LogP contribution >= 0.6 is 11.3 Å². The van der Waals surface area contributed by atoms with Crippen LogP contribution in [0.25, 0.3) is 4.96 Å². The summed E-state index contributed by atoms with van der Waals surface area (Å²) in [5, 5.41) is 5.26. The van der Waals surface area contributed by atoms with Crippen LogP contribution in [0.4, 0.5) is 4.39 Å². The Bertz CT molecular complexity index is 765. The van der Waals surface area contributed by atoms with Gasteiger partial charge in [-0.25, -0.2) is 4.39 Å². The molecular weight excluding hydrogens is 289 g/mol. The van der Waals surface area contributed by atoms with Gasteiger partial charge in [0.2, 0.25) is 5.88 Å². The number of hydrogen-bond acceptors (Lipinski definition) is 4. The number of thiazole rings is 1. The van der Waals surface area contributed by atoms with E-state index in [0.717, 1.165) is 22.8 Å². The lowest BCUT2D eigenvalue weighted by Gasteiger charge is -2.09. The summed E-state index contributed by atoms with van der Waals surface area (Å²) in [6, 6.07) is 4.51. The number of aromatic nitrogens is 2. The van der Waals surface area contributed by atoms with E-state index in [1.165, 1.54) is 12.1 Å². The fourth-order valence-electron chi connectivity index (χ4n) is 2.09. The van der Waals surface area contributed by atoms with Crippen LogP contribution in [0.2, 0.25) is 0 Å². The Morgan fingerprint density at radius 2 is 2.29 bits per heavy atom. The summed E-state index contributed by atoms with van der Waals surface area (Å²) >= 11 is 1.54. The molecule has 0 aliphatic carbocycles. The van der Waals surface area contributed by atoms with Crippen molar-refractivity contribution in [3.63, 3.8) is 0 Å². The number of aryl methyl sites for hydroxylation is 1. The first-order valence-electron chi connectivity index (χ1n) is 6.78. The fraction of sp³-hybridized carbons (Fsp3) is 0.267. The van der Waals surface area contributed by atoms with Crippen molar-refractivity contribution < 1.29 is 9.13 Å². The minimum absolute atomic E-state index is 0.315.